The van der Waals surface area contributed by atoms with Crippen molar-refractivity contribution in [2.24, 2.45) is 0 Å². The van der Waals surface area contributed by atoms with Gasteiger partial charge in [0.25, 0.3) is 0 Å². The molecule has 0 atom stereocenters. The Balaban J connectivity index is 2.64. The fourth-order valence-corrected chi connectivity index (χ4v) is 1.73. The first-order valence-corrected chi connectivity index (χ1v) is 7.02. The van der Waals surface area contributed by atoms with Crippen LogP contribution < -0.4 is 14.8 Å². The van der Waals surface area contributed by atoms with E-state index in [0.717, 1.165) is 37.4 Å². The van der Waals surface area contributed by atoms with Crippen molar-refractivity contribution in [3.05, 3.63) is 36.4 Å². The Kier molecular flexibility index (Phi) is 7.75. The van der Waals surface area contributed by atoms with Gasteiger partial charge < -0.3 is 14.8 Å². The number of unbranched alkanes of at least 4 members (excludes halogenated alkanes) is 1. The maximum atomic E-state index is 5.76. The molecule has 0 aromatic heterocycles. The van der Waals surface area contributed by atoms with Crippen LogP contribution in [-0.2, 0) is 6.54 Å². The average Bonchev–Trinajstić information content (AvgIpc) is 2.43. The predicted octanol–water partition coefficient (Wildman–Crippen LogP) is 3.54. The van der Waals surface area contributed by atoms with Gasteiger partial charge in [0.15, 0.2) is 11.5 Å². The molecule has 106 valence electrons. The topological polar surface area (TPSA) is 30.5 Å². The van der Waals surface area contributed by atoms with Crippen LogP contribution in [0.5, 0.6) is 11.5 Å². The lowest BCUT2D eigenvalue weighted by atomic mass is 10.2. The highest BCUT2D eigenvalue weighted by atomic mass is 16.5. The molecule has 0 bridgehead atoms. The van der Waals surface area contributed by atoms with Crippen molar-refractivity contribution in [3.8, 4) is 11.5 Å². The van der Waals surface area contributed by atoms with Gasteiger partial charge in [0.05, 0.1) is 13.2 Å². The normalized spacial score (nSPS) is 10.2. The van der Waals surface area contributed by atoms with Gasteiger partial charge in [-0.1, -0.05) is 19.1 Å². The number of rotatable bonds is 10. The van der Waals surface area contributed by atoms with Crippen LogP contribution in [0.2, 0.25) is 0 Å². The van der Waals surface area contributed by atoms with Crippen LogP contribution >= 0.6 is 0 Å². The van der Waals surface area contributed by atoms with Gasteiger partial charge in [0, 0.05) is 6.54 Å². The second-order valence-electron chi connectivity index (χ2n) is 4.27. The minimum Gasteiger partial charge on any atom is -0.490 e. The lowest BCUT2D eigenvalue weighted by Gasteiger charge is -2.13. The highest BCUT2D eigenvalue weighted by Gasteiger charge is 2.06. The van der Waals surface area contributed by atoms with Gasteiger partial charge in [0.1, 0.15) is 0 Å². The van der Waals surface area contributed by atoms with Crippen LogP contribution in [-0.4, -0.2) is 19.8 Å². The molecule has 0 amide bonds. The van der Waals surface area contributed by atoms with E-state index in [2.05, 4.69) is 31.0 Å². The van der Waals surface area contributed by atoms with E-state index < -0.39 is 0 Å². The summed E-state index contributed by atoms with van der Waals surface area (Å²) in [6.45, 7) is 10.9. The number of nitrogens with one attached hydrogen (secondary N) is 1. The quantitative estimate of drug-likeness (QED) is 0.517. The lowest BCUT2D eigenvalue weighted by molar-refractivity contribution is 0.274. The maximum Gasteiger partial charge on any atom is 0.161 e. The number of hydrogen-bond donors (Lipinski definition) is 1. The summed E-state index contributed by atoms with van der Waals surface area (Å²) in [6.07, 6.45) is 3.86. The molecule has 0 aliphatic rings. The smallest absolute Gasteiger partial charge is 0.161 e. The van der Waals surface area contributed by atoms with Crippen LogP contribution in [0.25, 0.3) is 0 Å². The van der Waals surface area contributed by atoms with Crippen LogP contribution in [0, 0.1) is 0 Å². The van der Waals surface area contributed by atoms with E-state index in [0.29, 0.717) is 13.2 Å². The van der Waals surface area contributed by atoms with E-state index in [1.807, 2.05) is 19.1 Å². The Bertz CT molecular complexity index is 377. The lowest BCUT2D eigenvalue weighted by Crippen LogP contribution is -2.12. The Morgan fingerprint density at radius 1 is 1.21 bits per heavy atom. The minimum absolute atomic E-state index is 0.647. The van der Waals surface area contributed by atoms with Gasteiger partial charge in [-0.2, -0.15) is 0 Å². The molecule has 1 aromatic rings. The van der Waals surface area contributed by atoms with Crippen LogP contribution in [0.1, 0.15) is 32.3 Å². The molecule has 0 aliphatic heterocycles. The van der Waals surface area contributed by atoms with Crippen LogP contribution in [0.15, 0.2) is 30.9 Å². The van der Waals surface area contributed by atoms with E-state index in [1.54, 1.807) is 0 Å². The van der Waals surface area contributed by atoms with Crippen molar-refractivity contribution in [2.75, 3.05) is 19.8 Å². The maximum absolute atomic E-state index is 5.76. The van der Waals surface area contributed by atoms with Crippen LogP contribution in [0.3, 0.4) is 0 Å². The van der Waals surface area contributed by atoms with Gasteiger partial charge >= 0.3 is 0 Å². The standard InChI is InChI=1S/C16H25NO2/c1-4-7-8-11-19-15-10-9-14(13-17-5-2)12-16(15)18-6-3/h4,9-10,12,17H,1,5-8,11,13H2,2-3H3. The average molecular weight is 263 g/mol. The van der Waals surface area contributed by atoms with E-state index >= 15 is 0 Å². The summed E-state index contributed by atoms with van der Waals surface area (Å²) in [6, 6.07) is 6.12. The molecule has 1 aromatic carbocycles. The van der Waals surface area contributed by atoms with Crippen molar-refractivity contribution in [1.29, 1.82) is 0 Å². The molecule has 3 heteroatoms. The molecule has 0 aliphatic carbocycles. The fraction of sp³-hybridized carbons (Fsp3) is 0.500. The first-order chi connectivity index (χ1) is 9.31. The van der Waals surface area contributed by atoms with Crippen molar-refractivity contribution < 1.29 is 9.47 Å². The molecule has 0 heterocycles. The first kappa shape index (κ1) is 15.6. The van der Waals surface area contributed by atoms with Gasteiger partial charge in [0.2, 0.25) is 0 Å². The predicted molar refractivity (Wildman–Crippen MR) is 79.9 cm³/mol. The Morgan fingerprint density at radius 2 is 2.05 bits per heavy atom. The number of ether oxygens (including phenoxy) is 2. The summed E-state index contributed by atoms with van der Waals surface area (Å²) in [5.41, 5.74) is 1.21. The number of benzene rings is 1. The second kappa shape index (κ2) is 9.45. The van der Waals surface area contributed by atoms with Gasteiger partial charge in [-0.05, 0) is 44.0 Å². The Labute approximate surface area is 116 Å². The summed E-state index contributed by atoms with van der Waals surface area (Å²) < 4.78 is 11.4. The SMILES string of the molecule is C=CCCCOc1ccc(CNCC)cc1OCC. The molecule has 0 fully saturated rings. The molecule has 0 unspecified atom stereocenters. The summed E-state index contributed by atoms with van der Waals surface area (Å²) in [5, 5.41) is 3.31. The first-order valence-electron chi connectivity index (χ1n) is 7.02. The molecule has 0 spiro atoms. The molecule has 0 saturated heterocycles. The zero-order valence-electron chi connectivity index (χ0n) is 12.1. The Hall–Kier alpha value is -1.48. The van der Waals surface area contributed by atoms with Crippen molar-refractivity contribution >= 4 is 0 Å². The highest BCUT2D eigenvalue weighted by Crippen LogP contribution is 2.28. The van der Waals surface area contributed by atoms with Crippen molar-refractivity contribution in [1.82, 2.24) is 5.32 Å². The summed E-state index contributed by atoms with van der Waals surface area (Å²) in [7, 11) is 0. The van der Waals surface area contributed by atoms with Crippen molar-refractivity contribution in [3.63, 3.8) is 0 Å². The second-order valence-corrected chi connectivity index (χ2v) is 4.27. The molecular weight excluding hydrogens is 238 g/mol. The van der Waals surface area contributed by atoms with Gasteiger partial charge in [-0.3, -0.25) is 0 Å². The largest absolute Gasteiger partial charge is 0.490 e. The highest BCUT2D eigenvalue weighted by molar-refractivity contribution is 5.43. The summed E-state index contributed by atoms with van der Waals surface area (Å²) in [4.78, 5) is 0. The van der Waals surface area contributed by atoms with Gasteiger partial charge in [-0.25, -0.2) is 0 Å². The Morgan fingerprint density at radius 3 is 2.74 bits per heavy atom. The summed E-state index contributed by atoms with van der Waals surface area (Å²) >= 11 is 0. The fourth-order valence-electron chi connectivity index (χ4n) is 1.73. The molecule has 0 saturated carbocycles. The summed E-state index contributed by atoms with van der Waals surface area (Å²) in [5.74, 6) is 1.66. The van der Waals surface area contributed by atoms with E-state index in [1.165, 1.54) is 5.56 Å². The molecule has 1 rings (SSSR count). The third-order valence-electron chi connectivity index (χ3n) is 2.70. The molecular formula is C16H25NO2. The zero-order chi connectivity index (χ0) is 13.9. The zero-order valence-corrected chi connectivity index (χ0v) is 12.1. The molecule has 0 radical (unpaired) electrons. The van der Waals surface area contributed by atoms with E-state index in [4.69, 9.17) is 9.47 Å². The minimum atomic E-state index is 0.647. The monoisotopic (exact) mass is 263 g/mol. The molecule has 1 N–H and O–H groups in total. The third-order valence-corrected chi connectivity index (χ3v) is 2.70. The molecule has 3 nitrogen and oxygen atoms in total. The third kappa shape index (κ3) is 5.79. The van der Waals surface area contributed by atoms with E-state index in [9.17, 15) is 0 Å². The number of hydrogen-bond acceptors (Lipinski definition) is 3. The van der Waals surface area contributed by atoms with E-state index in [-0.39, 0.29) is 0 Å². The van der Waals surface area contributed by atoms with Crippen LogP contribution in [0.4, 0.5) is 0 Å². The molecule has 19 heavy (non-hydrogen) atoms. The number of allylic oxidation sites excluding steroid dienone is 1. The van der Waals surface area contributed by atoms with Crippen molar-refractivity contribution in [2.45, 2.75) is 33.2 Å². The van der Waals surface area contributed by atoms with Gasteiger partial charge in [-0.15, -0.1) is 6.58 Å².